The number of rotatable bonds is 6. The van der Waals surface area contributed by atoms with Gasteiger partial charge in [0.1, 0.15) is 17.5 Å². The molecule has 0 aliphatic heterocycles. The number of nitrogens with one attached hydrogen (secondary N) is 1. The van der Waals surface area contributed by atoms with Crippen molar-refractivity contribution in [3.63, 3.8) is 0 Å². The molecule has 1 aromatic heterocycles. The molecule has 0 spiro atoms. The molecule has 0 amide bonds. The Bertz CT molecular complexity index is 426. The van der Waals surface area contributed by atoms with E-state index in [1.165, 1.54) is 0 Å². The van der Waals surface area contributed by atoms with Gasteiger partial charge in [-0.3, -0.25) is 0 Å². The molecule has 0 bridgehead atoms. The number of aryl methyl sites for hydroxylation is 1. The Hall–Kier alpha value is -1.32. The zero-order valence-electron chi connectivity index (χ0n) is 13.5. The maximum absolute atomic E-state index is 4.63. The van der Waals surface area contributed by atoms with E-state index >= 15 is 0 Å². The van der Waals surface area contributed by atoms with Crippen LogP contribution >= 0.6 is 0 Å². The van der Waals surface area contributed by atoms with E-state index in [1.807, 2.05) is 6.92 Å². The molecule has 19 heavy (non-hydrogen) atoms. The lowest BCUT2D eigenvalue weighted by atomic mass is 9.99. The second-order valence-electron chi connectivity index (χ2n) is 5.72. The minimum Gasteiger partial charge on any atom is -0.370 e. The van der Waals surface area contributed by atoms with E-state index in [1.54, 1.807) is 0 Å². The highest BCUT2D eigenvalue weighted by Crippen LogP contribution is 2.29. The van der Waals surface area contributed by atoms with Crippen molar-refractivity contribution in [3.8, 4) is 0 Å². The van der Waals surface area contributed by atoms with Crippen molar-refractivity contribution in [3.05, 3.63) is 11.4 Å². The Balaban J connectivity index is 3.17. The van der Waals surface area contributed by atoms with Crippen molar-refractivity contribution in [2.75, 3.05) is 23.8 Å². The predicted molar refractivity (Wildman–Crippen MR) is 83.1 cm³/mol. The van der Waals surface area contributed by atoms with Crippen molar-refractivity contribution in [2.45, 2.75) is 59.9 Å². The van der Waals surface area contributed by atoms with Gasteiger partial charge < -0.3 is 10.2 Å². The summed E-state index contributed by atoms with van der Waals surface area (Å²) in [5.74, 6) is 2.80. The van der Waals surface area contributed by atoms with Gasteiger partial charge in [-0.25, -0.2) is 9.97 Å². The number of nitrogens with zero attached hydrogens (tertiary/aromatic N) is 3. The van der Waals surface area contributed by atoms with Crippen LogP contribution in [0.4, 0.5) is 11.6 Å². The molecule has 1 aromatic rings. The standard InChI is InChI=1S/C15H28N4/c1-8-10-16-13-11(3)14(18-12(4)17-13)19(7)15(5,6)9-2/h8-10H2,1-7H3,(H,16,17,18). The lowest BCUT2D eigenvalue weighted by molar-refractivity contribution is 0.466. The summed E-state index contributed by atoms with van der Waals surface area (Å²) >= 11 is 0. The Morgan fingerprint density at radius 3 is 2.32 bits per heavy atom. The van der Waals surface area contributed by atoms with Crippen LogP contribution in [0.15, 0.2) is 0 Å². The van der Waals surface area contributed by atoms with Crippen LogP contribution in [-0.4, -0.2) is 29.1 Å². The van der Waals surface area contributed by atoms with Crippen LogP contribution < -0.4 is 10.2 Å². The molecule has 4 nitrogen and oxygen atoms in total. The first kappa shape index (κ1) is 15.7. The fourth-order valence-electron chi connectivity index (χ4n) is 1.88. The third-order valence-corrected chi connectivity index (χ3v) is 3.87. The molecule has 0 radical (unpaired) electrons. The molecule has 4 heteroatoms. The Kier molecular flexibility index (Phi) is 5.15. The third kappa shape index (κ3) is 3.58. The molecule has 0 aliphatic rings. The van der Waals surface area contributed by atoms with Gasteiger partial charge in [-0.05, 0) is 40.5 Å². The molecule has 0 unspecified atom stereocenters. The van der Waals surface area contributed by atoms with Crippen LogP contribution in [-0.2, 0) is 0 Å². The first-order valence-electron chi connectivity index (χ1n) is 7.16. The summed E-state index contributed by atoms with van der Waals surface area (Å²) in [6, 6.07) is 0. The average molecular weight is 264 g/mol. The predicted octanol–water partition coefficient (Wildman–Crippen LogP) is 3.54. The van der Waals surface area contributed by atoms with E-state index in [0.717, 1.165) is 42.4 Å². The van der Waals surface area contributed by atoms with Gasteiger partial charge in [0.2, 0.25) is 0 Å². The smallest absolute Gasteiger partial charge is 0.137 e. The van der Waals surface area contributed by atoms with E-state index in [2.05, 4.69) is 61.9 Å². The van der Waals surface area contributed by atoms with Crippen molar-refractivity contribution in [1.82, 2.24) is 9.97 Å². The summed E-state index contributed by atoms with van der Waals surface area (Å²) in [4.78, 5) is 11.4. The van der Waals surface area contributed by atoms with E-state index < -0.39 is 0 Å². The number of anilines is 2. The van der Waals surface area contributed by atoms with Crippen LogP contribution in [0.25, 0.3) is 0 Å². The fourth-order valence-corrected chi connectivity index (χ4v) is 1.88. The van der Waals surface area contributed by atoms with Crippen molar-refractivity contribution in [1.29, 1.82) is 0 Å². The Labute approximate surface area is 117 Å². The van der Waals surface area contributed by atoms with Gasteiger partial charge in [0.15, 0.2) is 0 Å². The van der Waals surface area contributed by atoms with Crippen molar-refractivity contribution < 1.29 is 0 Å². The van der Waals surface area contributed by atoms with Crippen LogP contribution in [0, 0.1) is 13.8 Å². The lowest BCUT2D eigenvalue weighted by Gasteiger charge is -2.37. The van der Waals surface area contributed by atoms with Gasteiger partial charge in [0.25, 0.3) is 0 Å². The Morgan fingerprint density at radius 1 is 1.16 bits per heavy atom. The summed E-state index contributed by atoms with van der Waals surface area (Å²) in [5, 5.41) is 3.39. The van der Waals surface area contributed by atoms with E-state index in [0.29, 0.717) is 0 Å². The molecular formula is C15H28N4. The largest absolute Gasteiger partial charge is 0.370 e. The van der Waals surface area contributed by atoms with Gasteiger partial charge in [-0.15, -0.1) is 0 Å². The second kappa shape index (κ2) is 6.22. The monoisotopic (exact) mass is 264 g/mol. The van der Waals surface area contributed by atoms with Gasteiger partial charge in [0, 0.05) is 24.7 Å². The molecule has 108 valence electrons. The topological polar surface area (TPSA) is 41.1 Å². The van der Waals surface area contributed by atoms with Gasteiger partial charge in [-0.2, -0.15) is 0 Å². The van der Waals surface area contributed by atoms with Crippen LogP contribution in [0.2, 0.25) is 0 Å². The van der Waals surface area contributed by atoms with Gasteiger partial charge >= 0.3 is 0 Å². The van der Waals surface area contributed by atoms with E-state index in [9.17, 15) is 0 Å². The van der Waals surface area contributed by atoms with E-state index in [-0.39, 0.29) is 5.54 Å². The molecule has 0 saturated carbocycles. The first-order chi connectivity index (χ1) is 8.83. The summed E-state index contributed by atoms with van der Waals surface area (Å²) in [6.07, 6.45) is 2.16. The minimum absolute atomic E-state index is 0.0909. The number of hydrogen-bond donors (Lipinski definition) is 1. The van der Waals surface area contributed by atoms with Gasteiger partial charge in [-0.1, -0.05) is 13.8 Å². The lowest BCUT2D eigenvalue weighted by Crippen LogP contribution is -2.41. The summed E-state index contributed by atoms with van der Waals surface area (Å²) in [7, 11) is 2.11. The highest BCUT2D eigenvalue weighted by molar-refractivity contribution is 5.59. The van der Waals surface area contributed by atoms with E-state index in [4.69, 9.17) is 0 Å². The molecule has 1 heterocycles. The number of hydrogen-bond acceptors (Lipinski definition) is 4. The zero-order valence-corrected chi connectivity index (χ0v) is 13.5. The van der Waals surface area contributed by atoms with Crippen molar-refractivity contribution in [2.24, 2.45) is 0 Å². The second-order valence-corrected chi connectivity index (χ2v) is 5.72. The molecular weight excluding hydrogens is 236 g/mol. The maximum Gasteiger partial charge on any atom is 0.137 e. The molecule has 1 rings (SSSR count). The van der Waals surface area contributed by atoms with Crippen molar-refractivity contribution >= 4 is 11.6 Å². The molecule has 1 N–H and O–H groups in total. The number of aromatic nitrogens is 2. The molecule has 0 atom stereocenters. The quantitative estimate of drug-likeness (QED) is 0.853. The van der Waals surface area contributed by atoms with Crippen LogP contribution in [0.5, 0.6) is 0 Å². The maximum atomic E-state index is 4.63. The molecule has 0 saturated heterocycles. The average Bonchev–Trinajstić information content (AvgIpc) is 2.38. The Morgan fingerprint density at radius 2 is 1.79 bits per heavy atom. The third-order valence-electron chi connectivity index (χ3n) is 3.87. The SMILES string of the molecule is CCCNc1nc(C)nc(N(C)C(C)(C)CC)c1C. The molecule has 0 fully saturated rings. The zero-order chi connectivity index (χ0) is 14.6. The fraction of sp³-hybridized carbons (Fsp3) is 0.733. The highest BCUT2D eigenvalue weighted by Gasteiger charge is 2.25. The normalized spacial score (nSPS) is 11.5. The van der Waals surface area contributed by atoms with Gasteiger partial charge in [0.05, 0.1) is 0 Å². The van der Waals surface area contributed by atoms with Crippen LogP contribution in [0.1, 0.15) is 51.9 Å². The summed E-state index contributed by atoms with van der Waals surface area (Å²) < 4.78 is 0. The molecule has 0 aromatic carbocycles. The first-order valence-corrected chi connectivity index (χ1v) is 7.16. The highest BCUT2D eigenvalue weighted by atomic mass is 15.2. The molecule has 0 aliphatic carbocycles. The minimum atomic E-state index is 0.0909. The summed E-state index contributed by atoms with van der Waals surface area (Å²) in [6.45, 7) is 13.8. The summed E-state index contributed by atoms with van der Waals surface area (Å²) in [5.41, 5.74) is 1.22. The van der Waals surface area contributed by atoms with Crippen LogP contribution in [0.3, 0.4) is 0 Å².